The minimum atomic E-state index is -3.48. The van der Waals surface area contributed by atoms with E-state index in [4.69, 9.17) is 4.74 Å². The number of anilines is 1. The molecule has 1 fully saturated rings. The molecule has 2 atom stereocenters. The SMILES string of the molecule is CCCS(=O)(=O)Cc1c(F)ccc2c(Oc3ncccc3-c3ccnc(N[C@@H]4CNC[C@@H](F)C4)n3)c(C)ccc12. The van der Waals surface area contributed by atoms with Crippen molar-refractivity contribution in [2.75, 3.05) is 24.2 Å². The van der Waals surface area contributed by atoms with Gasteiger partial charge in [-0.3, -0.25) is 0 Å². The third-order valence-electron chi connectivity index (χ3n) is 6.81. The normalized spacial score (nSPS) is 17.6. The lowest BCUT2D eigenvalue weighted by Gasteiger charge is -2.26. The molecule has 2 aromatic carbocycles. The molecule has 40 heavy (non-hydrogen) atoms. The highest BCUT2D eigenvalue weighted by Gasteiger charge is 2.23. The van der Waals surface area contributed by atoms with Gasteiger partial charge in [0.1, 0.15) is 17.7 Å². The molecule has 2 N–H and O–H groups in total. The molecule has 1 aliphatic heterocycles. The van der Waals surface area contributed by atoms with E-state index in [0.29, 0.717) is 59.7 Å². The lowest BCUT2D eigenvalue weighted by molar-refractivity contribution is 0.254. The highest BCUT2D eigenvalue weighted by molar-refractivity contribution is 7.90. The van der Waals surface area contributed by atoms with E-state index in [9.17, 15) is 17.2 Å². The van der Waals surface area contributed by atoms with Crippen molar-refractivity contribution < 1.29 is 21.9 Å². The first-order valence-electron chi connectivity index (χ1n) is 13.2. The van der Waals surface area contributed by atoms with E-state index in [-0.39, 0.29) is 23.2 Å². The van der Waals surface area contributed by atoms with Gasteiger partial charge >= 0.3 is 0 Å². The Morgan fingerprint density at radius 1 is 1.07 bits per heavy atom. The van der Waals surface area contributed by atoms with Gasteiger partial charge in [0, 0.05) is 48.9 Å². The number of halogens is 2. The Bertz CT molecular complexity index is 1630. The Balaban J connectivity index is 1.50. The first-order chi connectivity index (χ1) is 19.2. The Labute approximate surface area is 232 Å². The number of rotatable bonds is 9. The fourth-order valence-corrected chi connectivity index (χ4v) is 6.43. The number of aromatic nitrogens is 3. The summed E-state index contributed by atoms with van der Waals surface area (Å²) in [6.07, 6.45) is 3.09. The summed E-state index contributed by atoms with van der Waals surface area (Å²) in [6, 6.07) is 11.5. The van der Waals surface area contributed by atoms with Gasteiger partial charge in [-0.05, 0) is 54.6 Å². The van der Waals surface area contributed by atoms with Crippen LogP contribution in [0.3, 0.4) is 0 Å². The molecule has 2 aromatic heterocycles. The number of ether oxygens (including phenoxy) is 1. The van der Waals surface area contributed by atoms with Crippen LogP contribution < -0.4 is 15.4 Å². The van der Waals surface area contributed by atoms with Crippen molar-refractivity contribution in [1.29, 1.82) is 0 Å². The number of nitrogens with one attached hydrogen (secondary N) is 2. The van der Waals surface area contributed by atoms with Crippen molar-refractivity contribution >= 4 is 26.6 Å². The molecule has 1 saturated heterocycles. The number of hydrogen-bond acceptors (Lipinski definition) is 8. The molecule has 0 amide bonds. The van der Waals surface area contributed by atoms with E-state index in [1.165, 1.54) is 6.07 Å². The van der Waals surface area contributed by atoms with E-state index < -0.39 is 27.6 Å². The number of nitrogens with zero attached hydrogens (tertiary/aromatic N) is 3. The quantitative estimate of drug-likeness (QED) is 0.278. The Hall–Kier alpha value is -3.70. The molecule has 0 bridgehead atoms. The van der Waals surface area contributed by atoms with Crippen molar-refractivity contribution in [3.8, 4) is 22.9 Å². The molecular formula is C29H31F2N5O3S. The minimum Gasteiger partial charge on any atom is -0.437 e. The van der Waals surface area contributed by atoms with Crippen molar-refractivity contribution in [3.05, 3.63) is 71.8 Å². The summed E-state index contributed by atoms with van der Waals surface area (Å²) in [7, 11) is -3.48. The van der Waals surface area contributed by atoms with E-state index in [1.54, 1.807) is 49.6 Å². The van der Waals surface area contributed by atoms with Crippen molar-refractivity contribution in [3.63, 3.8) is 0 Å². The predicted molar refractivity (Wildman–Crippen MR) is 152 cm³/mol. The van der Waals surface area contributed by atoms with Gasteiger partial charge in [-0.15, -0.1) is 0 Å². The zero-order valence-corrected chi connectivity index (χ0v) is 23.1. The number of fused-ring (bicyclic) bond motifs is 1. The molecule has 3 heterocycles. The Morgan fingerprint density at radius 3 is 2.70 bits per heavy atom. The molecule has 0 saturated carbocycles. The van der Waals surface area contributed by atoms with Gasteiger partial charge in [0.2, 0.25) is 11.8 Å². The summed E-state index contributed by atoms with van der Waals surface area (Å²) >= 11 is 0. The van der Waals surface area contributed by atoms with E-state index in [0.717, 1.165) is 5.56 Å². The highest BCUT2D eigenvalue weighted by Crippen LogP contribution is 2.38. The fraction of sp³-hybridized carbons (Fsp3) is 0.345. The van der Waals surface area contributed by atoms with Gasteiger partial charge in [0.05, 0.1) is 22.8 Å². The third-order valence-corrected chi connectivity index (χ3v) is 8.57. The second-order valence-corrected chi connectivity index (χ2v) is 12.2. The fourth-order valence-electron chi connectivity index (χ4n) is 4.93. The lowest BCUT2D eigenvalue weighted by Crippen LogP contribution is -2.44. The van der Waals surface area contributed by atoms with Gasteiger partial charge in [-0.1, -0.05) is 19.1 Å². The summed E-state index contributed by atoms with van der Waals surface area (Å²) in [5, 5.41) is 7.30. The zero-order valence-electron chi connectivity index (χ0n) is 22.3. The Kier molecular flexibility index (Phi) is 8.22. The molecule has 8 nitrogen and oxygen atoms in total. The van der Waals surface area contributed by atoms with Crippen molar-refractivity contribution in [2.45, 2.75) is 44.7 Å². The van der Waals surface area contributed by atoms with Crippen LogP contribution in [0.5, 0.6) is 11.6 Å². The van der Waals surface area contributed by atoms with E-state index >= 15 is 0 Å². The Morgan fingerprint density at radius 2 is 1.90 bits per heavy atom. The van der Waals surface area contributed by atoms with Gasteiger partial charge < -0.3 is 15.4 Å². The first kappa shape index (κ1) is 27.9. The van der Waals surface area contributed by atoms with Crippen molar-refractivity contribution in [2.24, 2.45) is 0 Å². The van der Waals surface area contributed by atoms with Crippen LogP contribution >= 0.6 is 0 Å². The standard InChI is InChI=1S/C29H31F2N5O3S/c1-3-13-40(37,38)17-24-21-7-6-18(2)27(22(21)8-9-25(24)31)39-28-23(5-4-11-33-28)26-10-12-34-29(36-26)35-20-14-19(30)15-32-16-20/h4-12,19-20,32H,3,13-17H2,1-2H3,(H,34,35,36)/t19-,20-/m0/s1. The lowest BCUT2D eigenvalue weighted by atomic mass is 10.0. The van der Waals surface area contributed by atoms with Gasteiger partial charge in [0.25, 0.3) is 0 Å². The van der Waals surface area contributed by atoms with Crippen LogP contribution in [0, 0.1) is 12.7 Å². The van der Waals surface area contributed by atoms with Gasteiger partial charge in [-0.25, -0.2) is 32.2 Å². The van der Waals surface area contributed by atoms with Crippen LogP contribution in [0.25, 0.3) is 22.0 Å². The maximum atomic E-state index is 14.9. The molecule has 1 aliphatic rings. The average molecular weight is 568 g/mol. The summed E-state index contributed by atoms with van der Waals surface area (Å²) in [5.41, 5.74) is 2.05. The van der Waals surface area contributed by atoms with E-state index in [2.05, 4.69) is 25.6 Å². The van der Waals surface area contributed by atoms with E-state index in [1.807, 2.05) is 13.0 Å². The maximum absolute atomic E-state index is 14.9. The average Bonchev–Trinajstić information content (AvgIpc) is 2.92. The number of benzene rings is 2. The van der Waals surface area contributed by atoms with Crippen LogP contribution in [0.15, 0.2) is 54.9 Å². The smallest absolute Gasteiger partial charge is 0.228 e. The van der Waals surface area contributed by atoms with Crippen LogP contribution in [-0.4, -0.2) is 54.4 Å². The second kappa shape index (κ2) is 11.8. The molecule has 11 heteroatoms. The molecule has 0 radical (unpaired) electrons. The number of sulfone groups is 1. The first-order valence-corrected chi connectivity index (χ1v) is 15.0. The van der Waals surface area contributed by atoms with Crippen molar-refractivity contribution in [1.82, 2.24) is 20.3 Å². The summed E-state index contributed by atoms with van der Waals surface area (Å²) < 4.78 is 60.2. The molecule has 210 valence electrons. The monoisotopic (exact) mass is 567 g/mol. The zero-order chi connectivity index (χ0) is 28.3. The maximum Gasteiger partial charge on any atom is 0.228 e. The summed E-state index contributed by atoms with van der Waals surface area (Å²) in [4.78, 5) is 13.4. The molecule has 0 unspecified atom stereocenters. The van der Waals surface area contributed by atoms with Crippen LogP contribution in [-0.2, 0) is 15.6 Å². The minimum absolute atomic E-state index is 0.0171. The highest BCUT2D eigenvalue weighted by atomic mass is 32.2. The topological polar surface area (TPSA) is 106 Å². The molecule has 4 aromatic rings. The number of alkyl halides is 1. The van der Waals surface area contributed by atoms with Crippen LogP contribution in [0.2, 0.25) is 0 Å². The molecule has 5 rings (SSSR count). The van der Waals surface area contributed by atoms with Gasteiger partial charge in [-0.2, -0.15) is 0 Å². The second-order valence-electron chi connectivity index (χ2n) is 9.98. The summed E-state index contributed by atoms with van der Waals surface area (Å²) in [5.74, 6) is 0.0995. The molecule has 0 aliphatic carbocycles. The predicted octanol–water partition coefficient (Wildman–Crippen LogP) is 5.37. The van der Waals surface area contributed by atoms with Crippen LogP contribution in [0.1, 0.15) is 30.9 Å². The molecular weight excluding hydrogens is 536 g/mol. The van der Waals surface area contributed by atoms with Gasteiger partial charge in [0.15, 0.2) is 9.84 Å². The number of aryl methyl sites for hydroxylation is 1. The number of hydrogen-bond donors (Lipinski definition) is 2. The largest absolute Gasteiger partial charge is 0.437 e. The third kappa shape index (κ3) is 6.20. The van der Waals surface area contributed by atoms with Crippen LogP contribution in [0.4, 0.5) is 14.7 Å². The molecule has 0 spiro atoms. The summed E-state index contributed by atoms with van der Waals surface area (Å²) in [6.45, 7) is 4.58. The number of piperidine rings is 1. The number of pyridine rings is 1.